The Bertz CT molecular complexity index is 912. The second-order valence-corrected chi connectivity index (χ2v) is 7.24. The third-order valence-electron chi connectivity index (χ3n) is 3.14. The molecule has 0 fully saturated rings. The maximum atomic E-state index is 13.0. The molecule has 5 nitrogen and oxygen atoms in total. The highest BCUT2D eigenvalue weighted by atomic mass is 35.5. The van der Waals surface area contributed by atoms with E-state index in [9.17, 15) is 18.0 Å². The number of para-hydroxylation sites is 1. The summed E-state index contributed by atoms with van der Waals surface area (Å²) in [6, 6.07) is 7.04. The summed E-state index contributed by atoms with van der Waals surface area (Å²) >= 11 is 8.28. The summed E-state index contributed by atoms with van der Waals surface area (Å²) in [6.07, 6.45) is -4.62. The molecular formula is C15H10ClF3N4OS2. The summed E-state index contributed by atoms with van der Waals surface area (Å²) < 4.78 is 39.1. The average Bonchev–Trinajstić information content (AvgIpc) is 3.25. The van der Waals surface area contributed by atoms with Crippen LogP contribution in [0.4, 0.5) is 18.9 Å². The molecule has 2 heterocycles. The highest BCUT2D eigenvalue weighted by Gasteiger charge is 2.34. The van der Waals surface area contributed by atoms with Gasteiger partial charge in [0.05, 0.1) is 26.9 Å². The van der Waals surface area contributed by atoms with E-state index in [2.05, 4.69) is 20.5 Å². The Morgan fingerprint density at radius 2 is 2.12 bits per heavy atom. The lowest BCUT2D eigenvalue weighted by atomic mass is 10.1. The number of aromatic amines is 1. The summed E-state index contributed by atoms with van der Waals surface area (Å²) in [5.74, 6) is -0.242. The third kappa shape index (κ3) is 4.37. The number of alkyl halides is 3. The van der Waals surface area contributed by atoms with Crippen LogP contribution in [0, 0.1) is 0 Å². The van der Waals surface area contributed by atoms with E-state index in [1.54, 1.807) is 0 Å². The molecule has 1 aromatic carbocycles. The van der Waals surface area contributed by atoms with Gasteiger partial charge in [-0.15, -0.1) is 16.4 Å². The van der Waals surface area contributed by atoms with Gasteiger partial charge in [0.1, 0.15) is 0 Å². The van der Waals surface area contributed by atoms with Gasteiger partial charge >= 0.3 is 6.18 Å². The number of thioether (sulfide) groups is 1. The van der Waals surface area contributed by atoms with Crippen LogP contribution in [0.25, 0.3) is 10.7 Å². The first-order valence-electron chi connectivity index (χ1n) is 7.09. The van der Waals surface area contributed by atoms with Crippen molar-refractivity contribution in [1.82, 2.24) is 15.2 Å². The smallest absolute Gasteiger partial charge is 0.324 e. The highest BCUT2D eigenvalue weighted by Crippen LogP contribution is 2.38. The molecule has 0 saturated carbocycles. The van der Waals surface area contributed by atoms with Crippen LogP contribution in [0.5, 0.6) is 0 Å². The molecule has 0 aliphatic heterocycles. The summed E-state index contributed by atoms with van der Waals surface area (Å²) in [5, 5.41) is 11.0. The standard InChI is InChI=1S/C15H10ClF3N4OS2/c16-9-4-1-3-8(15(17,18)19)12(9)20-11(24)7-26-14-21-13(22-23-14)10-5-2-6-25-10/h1-6H,7H2,(H,20,24)(H,21,22,23). The monoisotopic (exact) mass is 418 g/mol. The number of carbonyl (C=O) groups excluding carboxylic acids is 1. The van der Waals surface area contributed by atoms with Gasteiger partial charge in [-0.1, -0.05) is 35.5 Å². The van der Waals surface area contributed by atoms with E-state index in [-0.39, 0.29) is 10.8 Å². The fraction of sp³-hybridized carbons (Fsp3) is 0.133. The van der Waals surface area contributed by atoms with Gasteiger partial charge in [-0.25, -0.2) is 4.98 Å². The third-order valence-corrected chi connectivity index (χ3v) is 5.17. The van der Waals surface area contributed by atoms with E-state index < -0.39 is 23.3 Å². The number of H-pyrrole nitrogens is 1. The molecule has 11 heteroatoms. The van der Waals surface area contributed by atoms with Crippen LogP contribution in [0.3, 0.4) is 0 Å². The predicted octanol–water partition coefficient (Wildman–Crippen LogP) is 4.94. The number of anilines is 1. The molecule has 3 aromatic rings. The van der Waals surface area contributed by atoms with Crippen LogP contribution in [-0.4, -0.2) is 26.8 Å². The molecule has 2 aromatic heterocycles. The van der Waals surface area contributed by atoms with Gasteiger partial charge < -0.3 is 5.32 Å². The first-order chi connectivity index (χ1) is 12.3. The van der Waals surface area contributed by atoms with Crippen molar-refractivity contribution >= 4 is 46.3 Å². The summed E-state index contributed by atoms with van der Waals surface area (Å²) in [7, 11) is 0. The van der Waals surface area contributed by atoms with E-state index in [1.807, 2.05) is 17.5 Å². The maximum absolute atomic E-state index is 13.0. The lowest BCUT2D eigenvalue weighted by molar-refractivity contribution is -0.137. The number of rotatable bonds is 5. The first kappa shape index (κ1) is 18.7. The predicted molar refractivity (Wildman–Crippen MR) is 95.5 cm³/mol. The molecule has 1 amide bonds. The average molecular weight is 419 g/mol. The normalized spacial score (nSPS) is 11.5. The van der Waals surface area contributed by atoms with Gasteiger partial charge in [0.25, 0.3) is 0 Å². The van der Waals surface area contributed by atoms with Crippen molar-refractivity contribution in [2.45, 2.75) is 11.3 Å². The zero-order valence-electron chi connectivity index (χ0n) is 12.8. The van der Waals surface area contributed by atoms with Crippen LogP contribution in [0.1, 0.15) is 5.56 Å². The first-order valence-corrected chi connectivity index (χ1v) is 9.33. The van der Waals surface area contributed by atoms with Crippen molar-refractivity contribution < 1.29 is 18.0 Å². The lowest BCUT2D eigenvalue weighted by Gasteiger charge is -2.14. The Morgan fingerprint density at radius 1 is 1.31 bits per heavy atom. The number of carbonyl (C=O) groups is 1. The Labute approximate surface area is 159 Å². The van der Waals surface area contributed by atoms with Crippen molar-refractivity contribution in [3.8, 4) is 10.7 Å². The van der Waals surface area contributed by atoms with E-state index in [1.165, 1.54) is 23.5 Å². The molecule has 2 N–H and O–H groups in total. The Kier molecular flexibility index (Phi) is 5.54. The van der Waals surface area contributed by atoms with Gasteiger partial charge in [0, 0.05) is 0 Å². The minimum atomic E-state index is -4.62. The van der Waals surface area contributed by atoms with Crippen LogP contribution < -0.4 is 5.32 Å². The number of nitrogens with one attached hydrogen (secondary N) is 2. The number of amides is 1. The summed E-state index contributed by atoms with van der Waals surface area (Å²) in [5.41, 5.74) is -1.46. The van der Waals surface area contributed by atoms with Gasteiger partial charge in [0.2, 0.25) is 11.1 Å². The zero-order chi connectivity index (χ0) is 18.7. The minimum Gasteiger partial charge on any atom is -0.324 e. The van der Waals surface area contributed by atoms with Crippen molar-refractivity contribution in [3.63, 3.8) is 0 Å². The van der Waals surface area contributed by atoms with Gasteiger partial charge in [-0.05, 0) is 23.6 Å². The van der Waals surface area contributed by atoms with Gasteiger partial charge in [-0.2, -0.15) is 13.2 Å². The van der Waals surface area contributed by atoms with E-state index in [4.69, 9.17) is 11.6 Å². The fourth-order valence-electron chi connectivity index (χ4n) is 2.03. The molecule has 3 rings (SSSR count). The Morgan fingerprint density at radius 3 is 2.81 bits per heavy atom. The number of thiophene rings is 1. The Hall–Kier alpha value is -2.04. The Balaban J connectivity index is 1.65. The molecule has 0 radical (unpaired) electrons. The number of hydrogen-bond acceptors (Lipinski definition) is 5. The second kappa shape index (κ2) is 7.68. The molecule has 26 heavy (non-hydrogen) atoms. The number of hydrogen-bond donors (Lipinski definition) is 2. The SMILES string of the molecule is O=C(CSc1n[nH]c(-c2cccs2)n1)Nc1c(Cl)cccc1C(F)(F)F. The van der Waals surface area contributed by atoms with Crippen molar-refractivity contribution in [2.75, 3.05) is 11.1 Å². The summed E-state index contributed by atoms with van der Waals surface area (Å²) in [4.78, 5) is 17.1. The van der Waals surface area contributed by atoms with Crippen molar-refractivity contribution in [3.05, 3.63) is 46.3 Å². The number of benzene rings is 1. The van der Waals surface area contributed by atoms with Gasteiger partial charge in [0.15, 0.2) is 5.82 Å². The maximum Gasteiger partial charge on any atom is 0.418 e. The second-order valence-electron chi connectivity index (χ2n) is 4.94. The summed E-state index contributed by atoms with van der Waals surface area (Å²) in [6.45, 7) is 0. The molecular weight excluding hydrogens is 409 g/mol. The fourth-order valence-corrected chi connectivity index (χ4v) is 3.51. The van der Waals surface area contributed by atoms with E-state index >= 15 is 0 Å². The molecule has 136 valence electrons. The van der Waals surface area contributed by atoms with Crippen LogP contribution in [0.15, 0.2) is 40.9 Å². The molecule has 0 atom stereocenters. The quantitative estimate of drug-likeness (QED) is 0.576. The van der Waals surface area contributed by atoms with Crippen LogP contribution in [0.2, 0.25) is 5.02 Å². The highest BCUT2D eigenvalue weighted by molar-refractivity contribution is 7.99. The molecule has 0 saturated heterocycles. The number of halogens is 4. The lowest BCUT2D eigenvalue weighted by Crippen LogP contribution is -2.18. The molecule has 0 bridgehead atoms. The van der Waals surface area contributed by atoms with Crippen molar-refractivity contribution in [1.29, 1.82) is 0 Å². The number of aromatic nitrogens is 3. The molecule has 0 aliphatic rings. The van der Waals surface area contributed by atoms with E-state index in [0.29, 0.717) is 11.0 Å². The van der Waals surface area contributed by atoms with Gasteiger partial charge in [-0.3, -0.25) is 9.89 Å². The minimum absolute atomic E-state index is 0.162. The molecule has 0 aliphatic carbocycles. The number of nitrogens with zero attached hydrogens (tertiary/aromatic N) is 2. The molecule has 0 unspecified atom stereocenters. The van der Waals surface area contributed by atoms with Crippen LogP contribution in [-0.2, 0) is 11.0 Å². The van der Waals surface area contributed by atoms with Crippen molar-refractivity contribution in [2.24, 2.45) is 0 Å². The molecule has 0 spiro atoms. The van der Waals surface area contributed by atoms with Crippen LogP contribution >= 0.6 is 34.7 Å². The topological polar surface area (TPSA) is 70.7 Å². The van der Waals surface area contributed by atoms with E-state index in [0.717, 1.165) is 22.7 Å². The zero-order valence-corrected chi connectivity index (χ0v) is 15.2. The largest absolute Gasteiger partial charge is 0.418 e.